The van der Waals surface area contributed by atoms with E-state index in [2.05, 4.69) is 10.6 Å². The van der Waals surface area contributed by atoms with Crippen LogP contribution in [0, 0.1) is 0 Å². The smallest absolute Gasteiger partial charge is 0.261 e. The van der Waals surface area contributed by atoms with Crippen LogP contribution in [0.25, 0.3) is 0 Å². The average molecular weight is 373 g/mol. The molecule has 0 aliphatic rings. The molecule has 0 radical (unpaired) electrons. The number of nitrogens with two attached hydrogens (primary N) is 1. The van der Waals surface area contributed by atoms with Gasteiger partial charge in [0, 0.05) is 18.4 Å². The van der Waals surface area contributed by atoms with Crippen LogP contribution in [0.3, 0.4) is 0 Å². The van der Waals surface area contributed by atoms with E-state index in [-0.39, 0.29) is 5.11 Å². The molecule has 2 aromatic carbocycles. The van der Waals surface area contributed by atoms with Gasteiger partial charge in [-0.05, 0) is 42.5 Å². The summed E-state index contributed by atoms with van der Waals surface area (Å²) in [5.74, 6) is -0.534. The highest BCUT2D eigenvalue weighted by molar-refractivity contribution is 7.80. The molecule has 4 N–H and O–H groups in total. The molecule has 0 saturated carbocycles. The second kappa shape index (κ2) is 9.50. The molecule has 0 bridgehead atoms. The van der Waals surface area contributed by atoms with Crippen molar-refractivity contribution in [3.63, 3.8) is 0 Å². The zero-order chi connectivity index (χ0) is 18.9. The van der Waals surface area contributed by atoms with E-state index in [1.807, 2.05) is 0 Å². The van der Waals surface area contributed by atoms with Crippen LogP contribution in [-0.4, -0.2) is 37.3 Å². The third kappa shape index (κ3) is 5.54. The highest BCUT2D eigenvalue weighted by atomic mass is 32.1. The number of anilines is 1. The first kappa shape index (κ1) is 19.4. The van der Waals surface area contributed by atoms with Crippen LogP contribution in [0.15, 0.2) is 48.5 Å². The Bertz CT molecular complexity index is 811. The summed E-state index contributed by atoms with van der Waals surface area (Å²) in [6.45, 7) is 0.732. The van der Waals surface area contributed by atoms with Gasteiger partial charge in [0.05, 0.1) is 12.2 Å². The molecule has 0 saturated heterocycles. The first-order valence-electron chi connectivity index (χ1n) is 7.74. The van der Waals surface area contributed by atoms with Gasteiger partial charge in [0.2, 0.25) is 5.91 Å². The summed E-state index contributed by atoms with van der Waals surface area (Å²) in [6, 6.07) is 13.3. The van der Waals surface area contributed by atoms with Gasteiger partial charge < -0.3 is 20.5 Å². The molecule has 7 nitrogen and oxygen atoms in total. The number of hydrogen-bond donors (Lipinski definition) is 3. The molecular formula is C18H19N3O4S. The van der Waals surface area contributed by atoms with Gasteiger partial charge in [0.1, 0.15) is 12.4 Å². The van der Waals surface area contributed by atoms with E-state index >= 15 is 0 Å². The van der Waals surface area contributed by atoms with Crippen molar-refractivity contribution in [2.45, 2.75) is 0 Å². The van der Waals surface area contributed by atoms with E-state index in [1.165, 1.54) is 0 Å². The van der Waals surface area contributed by atoms with E-state index in [1.54, 1.807) is 55.6 Å². The highest BCUT2D eigenvalue weighted by Crippen LogP contribution is 2.18. The minimum Gasteiger partial charge on any atom is -0.490 e. The fourth-order valence-electron chi connectivity index (χ4n) is 2.10. The first-order chi connectivity index (χ1) is 12.5. The second-order valence-electron chi connectivity index (χ2n) is 5.19. The monoisotopic (exact) mass is 373 g/mol. The van der Waals surface area contributed by atoms with Gasteiger partial charge in [-0.1, -0.05) is 18.2 Å². The number of hydrogen-bond acceptors (Lipinski definition) is 5. The van der Waals surface area contributed by atoms with E-state index in [9.17, 15) is 9.59 Å². The molecule has 0 aliphatic carbocycles. The van der Waals surface area contributed by atoms with E-state index < -0.39 is 11.8 Å². The predicted molar refractivity (Wildman–Crippen MR) is 102 cm³/mol. The summed E-state index contributed by atoms with van der Waals surface area (Å²) >= 11 is 5.15. The van der Waals surface area contributed by atoms with Gasteiger partial charge in [-0.2, -0.15) is 0 Å². The summed E-state index contributed by atoms with van der Waals surface area (Å²) < 4.78 is 10.5. The van der Waals surface area contributed by atoms with Gasteiger partial charge in [0.25, 0.3) is 5.91 Å². The summed E-state index contributed by atoms with van der Waals surface area (Å²) in [6.07, 6.45) is 0. The molecule has 2 aromatic rings. The molecule has 136 valence electrons. The molecule has 0 spiro atoms. The standard InChI is InChI=1S/C18H19N3O4S/c1-24-9-10-25-15-8-3-2-7-14(15)17(23)21-18(26)20-13-6-4-5-12(11-13)16(19)22/h2-8,11H,9-10H2,1H3,(H2,19,22)(H2,20,21,23,26). The third-order valence-electron chi connectivity index (χ3n) is 3.31. The van der Waals surface area contributed by atoms with Crippen molar-refractivity contribution in [3.8, 4) is 5.75 Å². The van der Waals surface area contributed by atoms with Crippen LogP contribution in [0.4, 0.5) is 5.69 Å². The molecule has 0 fully saturated rings. The number of carbonyl (C=O) groups excluding carboxylic acids is 2. The Hall–Kier alpha value is -2.97. The van der Waals surface area contributed by atoms with Crippen molar-refractivity contribution in [1.82, 2.24) is 5.32 Å². The molecule has 0 unspecified atom stereocenters. The topological polar surface area (TPSA) is 103 Å². The summed E-state index contributed by atoms with van der Waals surface area (Å²) in [5.41, 5.74) is 6.46. The number of primary amides is 1. The Labute approximate surface area is 156 Å². The van der Waals surface area contributed by atoms with Crippen molar-refractivity contribution in [2.24, 2.45) is 5.73 Å². The van der Waals surface area contributed by atoms with E-state index in [4.69, 9.17) is 27.4 Å². The summed E-state index contributed by atoms with van der Waals surface area (Å²) in [4.78, 5) is 23.7. The van der Waals surface area contributed by atoms with Crippen LogP contribution < -0.4 is 21.1 Å². The maximum Gasteiger partial charge on any atom is 0.261 e. The van der Waals surface area contributed by atoms with Gasteiger partial charge in [-0.3, -0.25) is 14.9 Å². The lowest BCUT2D eigenvalue weighted by Gasteiger charge is -2.13. The quantitative estimate of drug-likeness (QED) is 0.506. The minimum absolute atomic E-state index is 0.0864. The molecule has 2 amide bonds. The van der Waals surface area contributed by atoms with Gasteiger partial charge >= 0.3 is 0 Å². The minimum atomic E-state index is -0.550. The maximum absolute atomic E-state index is 12.5. The Morgan fingerprint density at radius 1 is 1.12 bits per heavy atom. The number of rotatable bonds is 7. The summed E-state index contributed by atoms with van der Waals surface area (Å²) in [7, 11) is 1.57. The number of thiocarbonyl (C=S) groups is 1. The van der Waals surface area contributed by atoms with E-state index in [0.29, 0.717) is 35.8 Å². The third-order valence-corrected chi connectivity index (χ3v) is 3.51. The van der Waals surface area contributed by atoms with Crippen LogP contribution >= 0.6 is 12.2 Å². The number of benzene rings is 2. The molecule has 0 atom stereocenters. The molecule has 0 heterocycles. The molecule has 0 aliphatic heterocycles. The maximum atomic E-state index is 12.5. The number of carbonyl (C=O) groups is 2. The molecule has 26 heavy (non-hydrogen) atoms. The molecule has 0 aromatic heterocycles. The number of amides is 2. The zero-order valence-electron chi connectivity index (χ0n) is 14.2. The number of para-hydroxylation sites is 1. The lowest BCUT2D eigenvalue weighted by atomic mass is 10.2. The van der Waals surface area contributed by atoms with Crippen molar-refractivity contribution < 1.29 is 19.1 Å². The Morgan fingerprint density at radius 2 is 1.88 bits per heavy atom. The zero-order valence-corrected chi connectivity index (χ0v) is 15.0. The van der Waals surface area contributed by atoms with Crippen molar-refractivity contribution >= 4 is 34.8 Å². The lowest BCUT2D eigenvalue weighted by Crippen LogP contribution is -2.34. The fourth-order valence-corrected chi connectivity index (χ4v) is 2.31. The average Bonchev–Trinajstić information content (AvgIpc) is 2.62. The fraction of sp³-hybridized carbons (Fsp3) is 0.167. The SMILES string of the molecule is COCCOc1ccccc1C(=O)NC(=S)Nc1cccc(C(N)=O)c1. The Kier molecular flexibility index (Phi) is 7.07. The van der Waals surface area contributed by atoms with Crippen molar-refractivity contribution in [1.29, 1.82) is 0 Å². The summed E-state index contributed by atoms with van der Waals surface area (Å²) in [5, 5.41) is 5.51. The predicted octanol–water partition coefficient (Wildman–Crippen LogP) is 1.94. The van der Waals surface area contributed by atoms with Crippen LogP contribution in [-0.2, 0) is 4.74 Å². The first-order valence-corrected chi connectivity index (χ1v) is 8.15. The molecular weight excluding hydrogens is 354 g/mol. The number of ether oxygens (including phenoxy) is 2. The normalized spacial score (nSPS) is 10.0. The second-order valence-corrected chi connectivity index (χ2v) is 5.60. The van der Waals surface area contributed by atoms with Gasteiger partial charge in [-0.25, -0.2) is 0 Å². The Morgan fingerprint density at radius 3 is 2.62 bits per heavy atom. The number of nitrogens with one attached hydrogen (secondary N) is 2. The molecule has 2 rings (SSSR count). The highest BCUT2D eigenvalue weighted by Gasteiger charge is 2.14. The van der Waals surface area contributed by atoms with Crippen molar-refractivity contribution in [2.75, 3.05) is 25.6 Å². The van der Waals surface area contributed by atoms with Crippen LogP contribution in [0.5, 0.6) is 5.75 Å². The lowest BCUT2D eigenvalue weighted by molar-refractivity contribution is 0.0967. The van der Waals surface area contributed by atoms with Crippen LogP contribution in [0.1, 0.15) is 20.7 Å². The Balaban J connectivity index is 2.02. The van der Waals surface area contributed by atoms with Gasteiger partial charge in [-0.15, -0.1) is 0 Å². The number of methoxy groups -OCH3 is 1. The van der Waals surface area contributed by atoms with Gasteiger partial charge in [0.15, 0.2) is 5.11 Å². The van der Waals surface area contributed by atoms with E-state index in [0.717, 1.165) is 0 Å². The largest absolute Gasteiger partial charge is 0.490 e. The van der Waals surface area contributed by atoms with Crippen LogP contribution in [0.2, 0.25) is 0 Å². The molecule has 8 heteroatoms. The van der Waals surface area contributed by atoms with Crippen molar-refractivity contribution in [3.05, 3.63) is 59.7 Å².